The molecule has 0 fully saturated rings. The van der Waals surface area contributed by atoms with Crippen LogP contribution in [-0.4, -0.2) is 23.9 Å². The zero-order valence-electron chi connectivity index (χ0n) is 14.9. The van der Waals surface area contributed by atoms with Crippen LogP contribution in [0.15, 0.2) is 78.0 Å². The molecule has 0 amide bonds. The Morgan fingerprint density at radius 1 is 1.00 bits per heavy atom. The minimum atomic E-state index is -1.07. The third kappa shape index (κ3) is 5.59. The van der Waals surface area contributed by atoms with Gasteiger partial charge in [0.05, 0.1) is 6.21 Å². The number of carboxylic acids is 1. The number of rotatable bonds is 8. The van der Waals surface area contributed by atoms with Gasteiger partial charge in [-0.05, 0) is 34.9 Å². The molecule has 0 aliphatic heterocycles. The van der Waals surface area contributed by atoms with E-state index in [9.17, 15) is 4.79 Å². The molecule has 3 aromatic rings. The van der Waals surface area contributed by atoms with Crippen molar-refractivity contribution < 1.29 is 19.5 Å². The molecule has 142 valence electrons. The Balaban J connectivity index is 1.64. The lowest BCUT2D eigenvalue weighted by molar-refractivity contribution is -0.142. The van der Waals surface area contributed by atoms with Crippen LogP contribution in [0.3, 0.4) is 0 Å². The second-order valence-corrected chi connectivity index (χ2v) is 6.34. The Labute approximate surface area is 167 Å². The second-order valence-electron chi connectivity index (χ2n) is 5.93. The first-order valence-corrected chi connectivity index (χ1v) is 8.93. The average Bonchev–Trinajstić information content (AvgIpc) is 2.71. The summed E-state index contributed by atoms with van der Waals surface area (Å²) in [6.45, 7) is -0.0650. The van der Waals surface area contributed by atoms with E-state index in [1.165, 1.54) is 6.21 Å². The Kier molecular flexibility index (Phi) is 6.65. The van der Waals surface area contributed by atoms with Crippen molar-refractivity contribution in [1.82, 2.24) is 0 Å². The smallest absolute Gasteiger partial charge is 0.344 e. The number of hydrogen-bond donors (Lipinski definition) is 1. The van der Waals surface area contributed by atoms with Crippen LogP contribution in [0.25, 0.3) is 11.1 Å². The summed E-state index contributed by atoms with van der Waals surface area (Å²) in [4.78, 5) is 15.0. The highest BCUT2D eigenvalue weighted by molar-refractivity contribution is 6.31. The Hall–Kier alpha value is -3.31. The van der Waals surface area contributed by atoms with Gasteiger partial charge in [-0.2, -0.15) is 0 Å². The predicted molar refractivity (Wildman–Crippen MR) is 109 cm³/mol. The van der Waals surface area contributed by atoms with E-state index in [2.05, 4.69) is 9.99 Å². The SMILES string of the molecule is O=C(O)CON=Cc1ccc(-c2cccc(OCc3ccccc3Cl)c2)cc1. The molecular weight excluding hydrogens is 378 g/mol. The zero-order valence-corrected chi connectivity index (χ0v) is 15.7. The Morgan fingerprint density at radius 2 is 1.79 bits per heavy atom. The van der Waals surface area contributed by atoms with Crippen molar-refractivity contribution >= 4 is 23.8 Å². The van der Waals surface area contributed by atoms with Gasteiger partial charge >= 0.3 is 5.97 Å². The van der Waals surface area contributed by atoms with E-state index >= 15 is 0 Å². The minimum absolute atomic E-state index is 0.398. The summed E-state index contributed by atoms with van der Waals surface area (Å²) in [5.74, 6) is -0.311. The number of carboxylic acid groups (broad SMARTS) is 1. The molecule has 0 saturated heterocycles. The monoisotopic (exact) mass is 395 g/mol. The van der Waals surface area contributed by atoms with Crippen molar-refractivity contribution in [3.8, 4) is 16.9 Å². The number of carbonyl (C=O) groups is 1. The summed E-state index contributed by atoms with van der Waals surface area (Å²) in [7, 11) is 0. The van der Waals surface area contributed by atoms with Gasteiger partial charge in [0, 0.05) is 10.6 Å². The van der Waals surface area contributed by atoms with Crippen molar-refractivity contribution in [1.29, 1.82) is 0 Å². The molecule has 3 rings (SSSR count). The van der Waals surface area contributed by atoms with E-state index < -0.39 is 12.6 Å². The highest BCUT2D eigenvalue weighted by Crippen LogP contribution is 2.25. The van der Waals surface area contributed by atoms with Crippen molar-refractivity contribution in [2.75, 3.05) is 6.61 Å². The summed E-state index contributed by atoms with van der Waals surface area (Å²) in [6, 6.07) is 23.1. The van der Waals surface area contributed by atoms with Crippen LogP contribution in [0, 0.1) is 0 Å². The second kappa shape index (κ2) is 9.58. The standard InChI is InChI=1S/C22H18ClNO4/c23-21-7-2-1-4-19(21)14-27-20-6-3-5-18(12-20)17-10-8-16(9-11-17)13-24-28-15-22(25)26/h1-13H,14-15H2,(H,25,26). The summed E-state index contributed by atoms with van der Waals surface area (Å²) in [5, 5.41) is 12.8. The molecule has 0 saturated carbocycles. The molecular formula is C22H18ClNO4. The number of halogens is 1. The first-order chi connectivity index (χ1) is 13.6. The molecule has 0 aliphatic rings. The average molecular weight is 396 g/mol. The van der Waals surface area contributed by atoms with Crippen molar-refractivity contribution in [3.05, 3.63) is 88.9 Å². The summed E-state index contributed by atoms with van der Waals surface area (Å²) in [5.41, 5.74) is 3.78. The first-order valence-electron chi connectivity index (χ1n) is 8.55. The van der Waals surface area contributed by atoms with E-state index in [4.69, 9.17) is 21.4 Å². The van der Waals surface area contributed by atoms with E-state index in [0.29, 0.717) is 11.6 Å². The van der Waals surface area contributed by atoms with Gasteiger partial charge in [0.25, 0.3) is 0 Å². The van der Waals surface area contributed by atoms with Gasteiger partial charge < -0.3 is 14.7 Å². The normalized spacial score (nSPS) is 10.8. The van der Waals surface area contributed by atoms with Crippen LogP contribution in [0.5, 0.6) is 5.75 Å². The van der Waals surface area contributed by atoms with Gasteiger partial charge in [-0.25, -0.2) is 4.79 Å². The fourth-order valence-electron chi connectivity index (χ4n) is 2.49. The number of oxime groups is 1. The number of benzene rings is 3. The van der Waals surface area contributed by atoms with Gasteiger partial charge in [-0.1, -0.05) is 71.4 Å². The van der Waals surface area contributed by atoms with Crippen LogP contribution in [-0.2, 0) is 16.2 Å². The van der Waals surface area contributed by atoms with Crippen molar-refractivity contribution in [2.45, 2.75) is 6.61 Å². The number of aliphatic carboxylic acids is 1. The molecule has 0 atom stereocenters. The molecule has 5 nitrogen and oxygen atoms in total. The topological polar surface area (TPSA) is 68.1 Å². The van der Waals surface area contributed by atoms with Crippen LogP contribution in [0.2, 0.25) is 5.02 Å². The van der Waals surface area contributed by atoms with E-state index in [1.54, 1.807) is 0 Å². The molecule has 3 aromatic carbocycles. The molecule has 28 heavy (non-hydrogen) atoms. The summed E-state index contributed by atoms with van der Waals surface area (Å²) >= 11 is 6.16. The Morgan fingerprint density at radius 3 is 2.54 bits per heavy atom. The van der Waals surface area contributed by atoms with Crippen LogP contribution < -0.4 is 4.74 Å². The first kappa shape index (κ1) is 19.5. The van der Waals surface area contributed by atoms with Crippen LogP contribution >= 0.6 is 11.6 Å². The quantitative estimate of drug-likeness (QED) is 0.429. The third-order valence-electron chi connectivity index (χ3n) is 3.89. The van der Waals surface area contributed by atoms with Gasteiger partial charge in [0.15, 0.2) is 0 Å². The fraction of sp³-hybridized carbons (Fsp3) is 0.0909. The number of hydrogen-bond acceptors (Lipinski definition) is 4. The summed E-state index contributed by atoms with van der Waals surface area (Å²) in [6.07, 6.45) is 1.47. The molecule has 6 heteroatoms. The van der Waals surface area contributed by atoms with Gasteiger partial charge in [-0.3, -0.25) is 0 Å². The van der Waals surface area contributed by atoms with Crippen molar-refractivity contribution in [2.24, 2.45) is 5.16 Å². The fourth-order valence-corrected chi connectivity index (χ4v) is 2.68. The molecule has 0 spiro atoms. The van der Waals surface area contributed by atoms with E-state index in [0.717, 1.165) is 28.0 Å². The highest BCUT2D eigenvalue weighted by atomic mass is 35.5. The molecule has 0 aliphatic carbocycles. The lowest BCUT2D eigenvalue weighted by Crippen LogP contribution is -2.03. The maximum atomic E-state index is 10.4. The molecule has 0 aromatic heterocycles. The minimum Gasteiger partial charge on any atom is -0.489 e. The Bertz CT molecular complexity index is 970. The van der Waals surface area contributed by atoms with E-state index in [-0.39, 0.29) is 0 Å². The predicted octanol–water partition coefficient (Wildman–Crippen LogP) is 5.02. The van der Waals surface area contributed by atoms with Gasteiger partial charge in [0.2, 0.25) is 6.61 Å². The number of ether oxygens (including phenoxy) is 1. The highest BCUT2D eigenvalue weighted by Gasteiger charge is 2.03. The van der Waals surface area contributed by atoms with E-state index in [1.807, 2.05) is 72.8 Å². The zero-order chi connectivity index (χ0) is 19.8. The van der Waals surface area contributed by atoms with Gasteiger partial charge in [-0.15, -0.1) is 0 Å². The molecule has 1 N–H and O–H groups in total. The maximum Gasteiger partial charge on any atom is 0.344 e. The summed E-state index contributed by atoms with van der Waals surface area (Å²) < 4.78 is 5.87. The maximum absolute atomic E-state index is 10.4. The van der Waals surface area contributed by atoms with Gasteiger partial charge in [0.1, 0.15) is 12.4 Å². The van der Waals surface area contributed by atoms with Crippen LogP contribution in [0.1, 0.15) is 11.1 Å². The molecule has 0 unspecified atom stereocenters. The lowest BCUT2D eigenvalue weighted by atomic mass is 10.0. The molecule has 0 bridgehead atoms. The lowest BCUT2D eigenvalue weighted by Gasteiger charge is -2.09. The third-order valence-corrected chi connectivity index (χ3v) is 4.26. The molecule has 0 heterocycles. The molecule has 0 radical (unpaired) electrons. The number of nitrogens with zero attached hydrogens (tertiary/aromatic N) is 1. The largest absolute Gasteiger partial charge is 0.489 e. The van der Waals surface area contributed by atoms with Crippen molar-refractivity contribution in [3.63, 3.8) is 0 Å². The van der Waals surface area contributed by atoms with Crippen LogP contribution in [0.4, 0.5) is 0 Å².